The van der Waals surface area contributed by atoms with E-state index in [9.17, 15) is 8.42 Å². The van der Waals surface area contributed by atoms with Crippen LogP contribution in [0.4, 0.5) is 0 Å². The van der Waals surface area contributed by atoms with Crippen LogP contribution in [0.1, 0.15) is 6.92 Å². The lowest BCUT2D eigenvalue weighted by Crippen LogP contribution is -2.51. The molecule has 17 heavy (non-hydrogen) atoms. The molecular weight excluding hydrogens is 262 g/mol. The van der Waals surface area contributed by atoms with Gasteiger partial charge in [0.05, 0.1) is 5.02 Å². The molecule has 2 rings (SSSR count). The first-order valence-electron chi connectivity index (χ1n) is 5.36. The number of halogens is 1. The molecule has 0 radical (unpaired) electrons. The summed E-state index contributed by atoms with van der Waals surface area (Å²) in [5.74, 6) is 0. The van der Waals surface area contributed by atoms with E-state index in [1.54, 1.807) is 6.07 Å². The summed E-state index contributed by atoms with van der Waals surface area (Å²) in [5, 5.41) is 3.30. The van der Waals surface area contributed by atoms with Crippen molar-refractivity contribution in [1.29, 1.82) is 0 Å². The average molecular weight is 276 g/mol. The van der Waals surface area contributed by atoms with E-state index >= 15 is 0 Å². The third-order valence-corrected chi connectivity index (χ3v) is 4.88. The molecule has 0 bridgehead atoms. The van der Waals surface area contributed by atoms with E-state index in [-0.39, 0.29) is 16.1 Å². The fourth-order valence-corrected chi connectivity index (χ4v) is 3.72. The molecule has 7 heteroatoms. The summed E-state index contributed by atoms with van der Waals surface area (Å²) < 4.78 is 26.0. The molecule has 0 aliphatic carbocycles. The summed E-state index contributed by atoms with van der Waals surface area (Å²) in [6.45, 7) is 3.47. The molecular formula is C10H14ClN3O2S. The number of sulfonamides is 1. The van der Waals surface area contributed by atoms with Crippen molar-refractivity contribution in [2.45, 2.75) is 18.0 Å². The monoisotopic (exact) mass is 275 g/mol. The van der Waals surface area contributed by atoms with Crippen molar-refractivity contribution in [2.75, 3.05) is 19.6 Å². The third-order valence-electron chi connectivity index (χ3n) is 2.64. The predicted octanol–water partition coefficient (Wildman–Crippen LogP) is 0.717. The lowest BCUT2D eigenvalue weighted by molar-refractivity contribution is 0.309. The van der Waals surface area contributed by atoms with Crippen LogP contribution in [-0.4, -0.2) is 43.4 Å². The minimum absolute atomic E-state index is 0.0595. The Kier molecular flexibility index (Phi) is 3.67. The zero-order valence-corrected chi connectivity index (χ0v) is 11.0. The number of pyridine rings is 1. The third kappa shape index (κ3) is 2.60. The van der Waals surface area contributed by atoms with Gasteiger partial charge in [0, 0.05) is 31.9 Å². The Hall–Kier alpha value is -0.690. The zero-order chi connectivity index (χ0) is 12.5. The molecule has 1 aliphatic heterocycles. The maximum atomic E-state index is 12.3. The smallest absolute Gasteiger partial charge is 0.262 e. The number of hydrogen-bond donors (Lipinski definition) is 1. The zero-order valence-electron chi connectivity index (χ0n) is 9.43. The van der Waals surface area contributed by atoms with E-state index in [2.05, 4.69) is 10.3 Å². The lowest BCUT2D eigenvalue weighted by atomic mass is 10.3. The van der Waals surface area contributed by atoms with Crippen molar-refractivity contribution in [2.24, 2.45) is 0 Å². The Morgan fingerprint density at radius 1 is 1.59 bits per heavy atom. The van der Waals surface area contributed by atoms with Crippen LogP contribution < -0.4 is 5.32 Å². The van der Waals surface area contributed by atoms with Crippen LogP contribution in [0.3, 0.4) is 0 Å². The van der Waals surface area contributed by atoms with E-state index in [4.69, 9.17) is 11.6 Å². The Bertz CT molecular complexity index is 506. The van der Waals surface area contributed by atoms with E-state index in [0.717, 1.165) is 0 Å². The second-order valence-electron chi connectivity index (χ2n) is 4.01. The first-order chi connectivity index (χ1) is 8.01. The standard InChI is InChI=1S/C10H14ClN3O2S/c1-8-7-14(6-5-12-8)17(15,16)10-9(11)3-2-4-13-10/h2-4,8,12H,5-7H2,1H3. The van der Waals surface area contributed by atoms with Gasteiger partial charge in [-0.2, -0.15) is 4.31 Å². The molecule has 1 N–H and O–H groups in total. The van der Waals surface area contributed by atoms with E-state index in [0.29, 0.717) is 19.6 Å². The molecule has 0 amide bonds. The fourth-order valence-electron chi connectivity index (χ4n) is 1.80. The molecule has 2 heterocycles. The normalized spacial score (nSPS) is 22.6. The van der Waals surface area contributed by atoms with E-state index in [1.807, 2.05) is 6.92 Å². The molecule has 94 valence electrons. The Balaban J connectivity index is 2.33. The van der Waals surface area contributed by atoms with Crippen molar-refractivity contribution in [3.8, 4) is 0 Å². The molecule has 1 saturated heterocycles. The van der Waals surface area contributed by atoms with Gasteiger partial charge in [-0.25, -0.2) is 13.4 Å². The Morgan fingerprint density at radius 2 is 2.35 bits per heavy atom. The summed E-state index contributed by atoms with van der Waals surface area (Å²) in [6.07, 6.45) is 1.43. The SMILES string of the molecule is CC1CN(S(=O)(=O)c2ncccc2Cl)CCN1. The highest BCUT2D eigenvalue weighted by atomic mass is 35.5. The van der Waals surface area contributed by atoms with Gasteiger partial charge in [-0.3, -0.25) is 0 Å². The maximum Gasteiger partial charge on any atom is 0.262 e. The quantitative estimate of drug-likeness (QED) is 0.864. The topological polar surface area (TPSA) is 62.3 Å². The number of aromatic nitrogens is 1. The minimum atomic E-state index is -3.58. The van der Waals surface area contributed by atoms with Crippen molar-refractivity contribution < 1.29 is 8.42 Å². The van der Waals surface area contributed by atoms with Gasteiger partial charge in [-0.15, -0.1) is 0 Å². The maximum absolute atomic E-state index is 12.3. The van der Waals surface area contributed by atoms with Gasteiger partial charge in [0.15, 0.2) is 5.03 Å². The number of nitrogens with zero attached hydrogens (tertiary/aromatic N) is 2. The van der Waals surface area contributed by atoms with Gasteiger partial charge < -0.3 is 5.32 Å². The molecule has 1 aliphatic rings. The van der Waals surface area contributed by atoms with Gasteiger partial charge >= 0.3 is 0 Å². The average Bonchev–Trinajstić information content (AvgIpc) is 2.29. The molecule has 0 spiro atoms. The summed E-state index contributed by atoms with van der Waals surface area (Å²) in [4.78, 5) is 3.87. The molecule has 0 aromatic carbocycles. The van der Waals surface area contributed by atoms with Crippen LogP contribution in [0.5, 0.6) is 0 Å². The Morgan fingerprint density at radius 3 is 3.00 bits per heavy atom. The number of rotatable bonds is 2. The second-order valence-corrected chi connectivity index (χ2v) is 6.27. The molecule has 1 aromatic heterocycles. The van der Waals surface area contributed by atoms with Gasteiger partial charge in [0.2, 0.25) is 0 Å². The van der Waals surface area contributed by atoms with Crippen molar-refractivity contribution in [3.63, 3.8) is 0 Å². The summed E-state index contributed by atoms with van der Waals surface area (Å²) in [7, 11) is -3.58. The van der Waals surface area contributed by atoms with E-state index in [1.165, 1.54) is 16.6 Å². The van der Waals surface area contributed by atoms with Gasteiger partial charge in [-0.1, -0.05) is 11.6 Å². The minimum Gasteiger partial charge on any atom is -0.312 e. The van der Waals surface area contributed by atoms with Gasteiger partial charge in [-0.05, 0) is 19.1 Å². The Labute approximate surface area is 106 Å². The van der Waals surface area contributed by atoms with Crippen LogP contribution in [-0.2, 0) is 10.0 Å². The highest BCUT2D eigenvalue weighted by Gasteiger charge is 2.30. The van der Waals surface area contributed by atoms with Crippen LogP contribution in [0.25, 0.3) is 0 Å². The van der Waals surface area contributed by atoms with Crippen LogP contribution in [0.15, 0.2) is 23.4 Å². The van der Waals surface area contributed by atoms with Gasteiger partial charge in [0.1, 0.15) is 0 Å². The summed E-state index contributed by atoms with van der Waals surface area (Å²) in [5.41, 5.74) is 0. The van der Waals surface area contributed by atoms with Crippen LogP contribution in [0.2, 0.25) is 5.02 Å². The highest BCUT2D eigenvalue weighted by molar-refractivity contribution is 7.89. The molecule has 1 unspecified atom stereocenters. The summed E-state index contributed by atoms with van der Waals surface area (Å²) in [6, 6.07) is 3.29. The first-order valence-corrected chi connectivity index (χ1v) is 7.17. The molecule has 1 aromatic rings. The summed E-state index contributed by atoms with van der Waals surface area (Å²) >= 11 is 5.88. The molecule has 1 fully saturated rings. The fraction of sp³-hybridized carbons (Fsp3) is 0.500. The van der Waals surface area contributed by atoms with Crippen molar-refractivity contribution in [3.05, 3.63) is 23.4 Å². The number of hydrogen-bond acceptors (Lipinski definition) is 4. The second kappa shape index (κ2) is 4.89. The lowest BCUT2D eigenvalue weighted by Gasteiger charge is -2.30. The van der Waals surface area contributed by atoms with Crippen LogP contribution in [0, 0.1) is 0 Å². The predicted molar refractivity (Wildman–Crippen MR) is 65.5 cm³/mol. The molecule has 5 nitrogen and oxygen atoms in total. The largest absolute Gasteiger partial charge is 0.312 e. The van der Waals surface area contributed by atoms with E-state index < -0.39 is 10.0 Å². The first kappa shape index (κ1) is 12.8. The van der Waals surface area contributed by atoms with Crippen LogP contribution >= 0.6 is 11.6 Å². The number of nitrogens with one attached hydrogen (secondary N) is 1. The van der Waals surface area contributed by atoms with Crippen molar-refractivity contribution in [1.82, 2.24) is 14.6 Å². The molecule has 1 atom stereocenters. The number of piperazine rings is 1. The van der Waals surface area contributed by atoms with Gasteiger partial charge in [0.25, 0.3) is 10.0 Å². The van der Waals surface area contributed by atoms with Crippen molar-refractivity contribution >= 4 is 21.6 Å². The highest BCUT2D eigenvalue weighted by Crippen LogP contribution is 2.22. The molecule has 0 saturated carbocycles.